The number of halogens is 1. The number of rotatable bonds is 2. The van der Waals surface area contributed by atoms with Gasteiger partial charge in [-0.3, -0.25) is 0 Å². The number of quaternary nitrogens is 1. The first-order valence-corrected chi connectivity index (χ1v) is 7.95. The van der Waals surface area contributed by atoms with Gasteiger partial charge in [0.05, 0.1) is 12.8 Å². The largest absolute Gasteiger partial charge is 0.465 e. The van der Waals surface area contributed by atoms with Gasteiger partial charge < -0.3 is 15.0 Å². The fourth-order valence-corrected chi connectivity index (χ4v) is 3.61. The Morgan fingerprint density at radius 3 is 2.88 bits per heavy atom. The summed E-state index contributed by atoms with van der Waals surface area (Å²) in [4.78, 5) is 15.6. The second-order valence-corrected chi connectivity index (χ2v) is 6.12. The molecule has 1 aliphatic rings. The Hall–Kier alpha value is -2.66. The second-order valence-electron chi connectivity index (χ2n) is 6.12. The molecule has 0 unspecified atom stereocenters. The van der Waals surface area contributed by atoms with Crippen molar-refractivity contribution in [3.63, 3.8) is 0 Å². The Bertz CT molecular complexity index is 919. The maximum absolute atomic E-state index is 13.7. The SMILES string of the molecule is COC(=O)[C@@H]1Cc2c([nH]c3ccccc23)[C@H](c2cccc(F)c2)[NH2+]1. The Labute approximate surface area is 138 Å². The molecule has 122 valence electrons. The van der Waals surface area contributed by atoms with Crippen LogP contribution in [0.1, 0.15) is 22.9 Å². The summed E-state index contributed by atoms with van der Waals surface area (Å²) in [6.07, 6.45) is 0.595. The van der Waals surface area contributed by atoms with Crippen LogP contribution in [0.15, 0.2) is 48.5 Å². The third-order valence-electron chi connectivity index (χ3n) is 4.72. The summed E-state index contributed by atoms with van der Waals surface area (Å²) in [5.74, 6) is -0.536. The van der Waals surface area contributed by atoms with E-state index in [1.807, 2.05) is 35.6 Å². The van der Waals surface area contributed by atoms with Crippen LogP contribution in [-0.2, 0) is 16.0 Å². The summed E-state index contributed by atoms with van der Waals surface area (Å²) in [5, 5.41) is 3.06. The molecule has 4 nitrogen and oxygen atoms in total. The average molecular weight is 325 g/mol. The van der Waals surface area contributed by atoms with Gasteiger partial charge in [-0.1, -0.05) is 30.3 Å². The van der Waals surface area contributed by atoms with E-state index >= 15 is 0 Å². The number of nitrogens with two attached hydrogens (primary N) is 1. The van der Waals surface area contributed by atoms with E-state index in [1.54, 1.807) is 6.07 Å². The second kappa shape index (κ2) is 5.76. The number of aromatic nitrogens is 1. The molecule has 0 radical (unpaired) electrons. The van der Waals surface area contributed by atoms with Crippen LogP contribution >= 0.6 is 0 Å². The lowest BCUT2D eigenvalue weighted by Crippen LogP contribution is -2.94. The van der Waals surface area contributed by atoms with Gasteiger partial charge >= 0.3 is 5.97 Å². The third-order valence-corrected chi connectivity index (χ3v) is 4.72. The normalized spacial score (nSPS) is 19.9. The topological polar surface area (TPSA) is 58.7 Å². The van der Waals surface area contributed by atoms with Crippen molar-refractivity contribution >= 4 is 16.9 Å². The first-order chi connectivity index (χ1) is 11.7. The maximum Gasteiger partial charge on any atom is 0.364 e. The summed E-state index contributed by atoms with van der Waals surface area (Å²) in [5.41, 5.74) is 4.00. The molecule has 0 aliphatic carbocycles. The number of hydrogen-bond donors (Lipinski definition) is 2. The van der Waals surface area contributed by atoms with Gasteiger partial charge in [-0.2, -0.15) is 0 Å². The molecule has 24 heavy (non-hydrogen) atoms. The van der Waals surface area contributed by atoms with Crippen LogP contribution in [0.25, 0.3) is 10.9 Å². The molecule has 0 bridgehead atoms. The van der Waals surface area contributed by atoms with Gasteiger partial charge in [0, 0.05) is 22.9 Å². The first-order valence-electron chi connectivity index (χ1n) is 7.95. The molecule has 0 saturated carbocycles. The van der Waals surface area contributed by atoms with E-state index in [2.05, 4.69) is 4.98 Å². The number of hydrogen-bond acceptors (Lipinski definition) is 2. The Morgan fingerprint density at radius 1 is 1.25 bits per heavy atom. The van der Waals surface area contributed by atoms with Crippen LogP contribution in [0, 0.1) is 5.82 Å². The van der Waals surface area contributed by atoms with Gasteiger partial charge in [-0.05, 0) is 23.8 Å². The van der Waals surface area contributed by atoms with E-state index in [9.17, 15) is 9.18 Å². The molecule has 0 saturated heterocycles. The summed E-state index contributed by atoms with van der Waals surface area (Å²) in [7, 11) is 1.40. The van der Waals surface area contributed by atoms with Gasteiger partial charge in [0.1, 0.15) is 5.82 Å². The number of aromatic amines is 1. The number of carbonyl (C=O) groups excluding carboxylic acids is 1. The van der Waals surface area contributed by atoms with E-state index < -0.39 is 0 Å². The molecular weight excluding hydrogens is 307 g/mol. The van der Waals surface area contributed by atoms with Crippen LogP contribution in [0.3, 0.4) is 0 Å². The minimum absolute atomic E-state index is 0.166. The van der Waals surface area contributed by atoms with E-state index in [4.69, 9.17) is 4.74 Å². The van der Waals surface area contributed by atoms with Crippen LogP contribution in [-0.4, -0.2) is 24.1 Å². The zero-order valence-corrected chi connectivity index (χ0v) is 13.3. The molecule has 2 heterocycles. The number of para-hydroxylation sites is 1. The first kappa shape index (κ1) is 14.9. The molecule has 5 heteroatoms. The highest BCUT2D eigenvalue weighted by atomic mass is 19.1. The summed E-state index contributed by atoms with van der Waals surface area (Å²) in [6, 6.07) is 14.1. The fraction of sp³-hybridized carbons (Fsp3) is 0.211. The number of H-pyrrole nitrogens is 1. The molecular formula is C19H18FN2O2+. The van der Waals surface area contributed by atoms with E-state index in [1.165, 1.54) is 19.2 Å². The number of ether oxygens (including phenoxy) is 1. The molecule has 1 aromatic heterocycles. The van der Waals surface area contributed by atoms with Crippen molar-refractivity contribution in [2.75, 3.05) is 7.11 Å². The highest BCUT2D eigenvalue weighted by Crippen LogP contribution is 2.32. The van der Waals surface area contributed by atoms with E-state index in [0.717, 1.165) is 27.7 Å². The number of nitrogens with one attached hydrogen (secondary N) is 1. The van der Waals surface area contributed by atoms with Gasteiger partial charge in [0.2, 0.25) is 0 Å². The predicted molar refractivity (Wildman–Crippen MR) is 88.0 cm³/mol. The lowest BCUT2D eigenvalue weighted by atomic mass is 9.90. The molecule has 3 aromatic rings. The maximum atomic E-state index is 13.7. The highest BCUT2D eigenvalue weighted by Gasteiger charge is 2.38. The number of methoxy groups -OCH3 is 1. The minimum atomic E-state index is -0.338. The van der Waals surface area contributed by atoms with Gasteiger partial charge in [0.25, 0.3) is 0 Å². The van der Waals surface area contributed by atoms with Gasteiger partial charge in [0.15, 0.2) is 12.1 Å². The van der Waals surface area contributed by atoms with Crippen molar-refractivity contribution < 1.29 is 19.2 Å². The fourth-order valence-electron chi connectivity index (χ4n) is 3.61. The number of fused-ring (bicyclic) bond motifs is 3. The standard InChI is InChI=1S/C19H17FN2O2/c1-24-19(23)16-10-14-13-7-2-3-8-15(13)21-18(14)17(22-16)11-5-4-6-12(20)9-11/h2-9,16-17,21-22H,10H2,1H3/p+1/t16-,17-/m0/s1. The highest BCUT2D eigenvalue weighted by molar-refractivity contribution is 5.86. The lowest BCUT2D eigenvalue weighted by Gasteiger charge is -2.26. The predicted octanol–water partition coefficient (Wildman–Crippen LogP) is 2.06. The number of carbonyl (C=O) groups is 1. The number of esters is 1. The van der Waals surface area contributed by atoms with Gasteiger partial charge in [-0.25, -0.2) is 9.18 Å². The summed E-state index contributed by atoms with van der Waals surface area (Å²) >= 11 is 0. The van der Waals surface area contributed by atoms with E-state index in [0.29, 0.717) is 6.42 Å². The van der Waals surface area contributed by atoms with Crippen molar-refractivity contribution in [3.05, 3.63) is 71.2 Å². The van der Waals surface area contributed by atoms with Crippen molar-refractivity contribution in [2.45, 2.75) is 18.5 Å². The Balaban J connectivity index is 1.88. The lowest BCUT2D eigenvalue weighted by molar-refractivity contribution is -0.712. The molecule has 0 spiro atoms. The molecule has 0 fully saturated rings. The minimum Gasteiger partial charge on any atom is -0.465 e. The molecule has 2 aromatic carbocycles. The van der Waals surface area contributed by atoms with Crippen molar-refractivity contribution in [1.29, 1.82) is 0 Å². The van der Waals surface area contributed by atoms with Crippen molar-refractivity contribution in [3.8, 4) is 0 Å². The Kier molecular flexibility index (Phi) is 3.58. The van der Waals surface area contributed by atoms with Gasteiger partial charge in [-0.15, -0.1) is 0 Å². The van der Waals surface area contributed by atoms with Crippen molar-refractivity contribution in [2.24, 2.45) is 0 Å². The summed E-state index contributed by atoms with van der Waals surface area (Å²) in [6.45, 7) is 0. The third kappa shape index (κ3) is 2.37. The van der Waals surface area contributed by atoms with E-state index in [-0.39, 0.29) is 23.9 Å². The molecule has 4 rings (SSSR count). The van der Waals surface area contributed by atoms with Crippen LogP contribution in [0.2, 0.25) is 0 Å². The zero-order chi connectivity index (χ0) is 16.7. The quantitative estimate of drug-likeness (QED) is 0.709. The Morgan fingerprint density at radius 2 is 2.08 bits per heavy atom. The number of benzene rings is 2. The van der Waals surface area contributed by atoms with Crippen LogP contribution in [0.4, 0.5) is 4.39 Å². The zero-order valence-electron chi connectivity index (χ0n) is 13.3. The van der Waals surface area contributed by atoms with Crippen molar-refractivity contribution in [1.82, 2.24) is 4.98 Å². The molecule has 3 N–H and O–H groups in total. The summed E-state index contributed by atoms with van der Waals surface area (Å²) < 4.78 is 18.7. The molecule has 2 atom stereocenters. The smallest absolute Gasteiger partial charge is 0.364 e. The average Bonchev–Trinajstić information content (AvgIpc) is 2.99. The van der Waals surface area contributed by atoms with Crippen LogP contribution < -0.4 is 5.32 Å². The monoisotopic (exact) mass is 325 g/mol. The van der Waals surface area contributed by atoms with Crippen LogP contribution in [0.5, 0.6) is 0 Å². The molecule has 0 amide bonds. The molecule has 1 aliphatic heterocycles.